The predicted molar refractivity (Wildman–Crippen MR) is 88.9 cm³/mol. The maximum absolute atomic E-state index is 4.54. The molecule has 1 aliphatic rings. The molecule has 23 heavy (non-hydrogen) atoms. The van der Waals surface area contributed by atoms with Gasteiger partial charge in [-0.1, -0.05) is 0 Å². The smallest absolute Gasteiger partial charge is 0.137 e. The second-order valence-corrected chi connectivity index (χ2v) is 7.53. The molecule has 0 bridgehead atoms. The lowest BCUT2D eigenvalue weighted by molar-refractivity contribution is 0.207. The minimum Gasteiger partial charge on any atom is -0.333 e. The molecule has 0 amide bonds. The van der Waals surface area contributed by atoms with Crippen LogP contribution in [0, 0.1) is 12.8 Å². The van der Waals surface area contributed by atoms with Crippen LogP contribution in [0.3, 0.4) is 0 Å². The van der Waals surface area contributed by atoms with Crippen molar-refractivity contribution >= 4 is 11.3 Å². The van der Waals surface area contributed by atoms with Crippen molar-refractivity contribution in [2.75, 3.05) is 6.54 Å². The third-order valence-corrected chi connectivity index (χ3v) is 5.21. The van der Waals surface area contributed by atoms with Gasteiger partial charge >= 0.3 is 0 Å². The van der Waals surface area contributed by atoms with Gasteiger partial charge in [0.2, 0.25) is 0 Å². The van der Waals surface area contributed by atoms with Crippen molar-refractivity contribution in [3.63, 3.8) is 0 Å². The molecule has 0 saturated carbocycles. The number of nitrogens with zero attached hydrogens (tertiary/aromatic N) is 6. The van der Waals surface area contributed by atoms with Gasteiger partial charge in [-0.15, -0.1) is 11.3 Å². The Hall–Kier alpha value is -1.99. The number of fused-ring (bicyclic) bond motifs is 1. The normalized spacial score (nSPS) is 18.7. The fourth-order valence-corrected chi connectivity index (χ4v) is 4.17. The Morgan fingerprint density at radius 1 is 1.30 bits per heavy atom. The lowest BCUT2D eigenvalue weighted by Gasteiger charge is -2.23. The van der Waals surface area contributed by atoms with E-state index >= 15 is 0 Å². The van der Waals surface area contributed by atoms with Crippen LogP contribution in [0.25, 0.3) is 0 Å². The van der Waals surface area contributed by atoms with Crippen LogP contribution in [0.4, 0.5) is 0 Å². The van der Waals surface area contributed by atoms with Crippen LogP contribution in [-0.2, 0) is 26.2 Å². The van der Waals surface area contributed by atoms with Crippen molar-refractivity contribution in [2.24, 2.45) is 5.92 Å². The molecule has 0 spiro atoms. The van der Waals surface area contributed by atoms with Crippen molar-refractivity contribution in [1.82, 2.24) is 29.2 Å². The highest BCUT2D eigenvalue weighted by molar-refractivity contribution is 7.11. The summed E-state index contributed by atoms with van der Waals surface area (Å²) in [4.78, 5) is 13.9. The molecule has 1 atom stereocenters. The Balaban J connectivity index is 1.54. The van der Waals surface area contributed by atoms with E-state index in [1.807, 2.05) is 22.2 Å². The summed E-state index contributed by atoms with van der Waals surface area (Å²) in [5.41, 5.74) is 0. The highest BCUT2D eigenvalue weighted by atomic mass is 32.1. The molecule has 6 nitrogen and oxygen atoms in total. The predicted octanol–water partition coefficient (Wildman–Crippen LogP) is 2.18. The van der Waals surface area contributed by atoms with Gasteiger partial charge in [-0.3, -0.25) is 9.58 Å². The van der Waals surface area contributed by atoms with Crippen molar-refractivity contribution in [3.05, 3.63) is 52.8 Å². The molecule has 4 rings (SSSR count). The van der Waals surface area contributed by atoms with E-state index in [4.69, 9.17) is 0 Å². The SMILES string of the molecule is Cc1ccc(CN2Cc3nccn3C[C@@H](Cn3cncn3)C2)s1. The highest BCUT2D eigenvalue weighted by Crippen LogP contribution is 2.22. The zero-order chi connectivity index (χ0) is 15.6. The van der Waals surface area contributed by atoms with E-state index in [0.29, 0.717) is 5.92 Å². The number of thiophene rings is 1. The molecule has 0 aliphatic carbocycles. The van der Waals surface area contributed by atoms with Gasteiger partial charge in [0, 0.05) is 54.2 Å². The van der Waals surface area contributed by atoms with Gasteiger partial charge in [-0.05, 0) is 19.1 Å². The summed E-state index contributed by atoms with van der Waals surface area (Å²) in [7, 11) is 0. The minimum absolute atomic E-state index is 0.494. The average molecular weight is 328 g/mol. The molecular formula is C16H20N6S. The third kappa shape index (κ3) is 3.35. The van der Waals surface area contributed by atoms with Gasteiger partial charge in [0.1, 0.15) is 18.5 Å². The summed E-state index contributed by atoms with van der Waals surface area (Å²) >= 11 is 1.88. The zero-order valence-electron chi connectivity index (χ0n) is 13.2. The first-order valence-corrected chi connectivity index (χ1v) is 8.68. The number of hydrogen-bond acceptors (Lipinski definition) is 5. The van der Waals surface area contributed by atoms with E-state index in [1.54, 1.807) is 12.7 Å². The molecule has 0 aromatic carbocycles. The van der Waals surface area contributed by atoms with E-state index in [-0.39, 0.29) is 0 Å². The van der Waals surface area contributed by atoms with Crippen molar-refractivity contribution in [1.29, 1.82) is 0 Å². The Kier molecular flexibility index (Phi) is 3.97. The number of aromatic nitrogens is 5. The van der Waals surface area contributed by atoms with E-state index in [9.17, 15) is 0 Å². The Bertz CT molecular complexity index is 759. The maximum atomic E-state index is 4.54. The van der Waals surface area contributed by atoms with Gasteiger partial charge in [0.25, 0.3) is 0 Å². The monoisotopic (exact) mass is 328 g/mol. The standard InChI is InChI=1S/C16H20N6S/c1-13-2-3-15(23-13)9-20-6-14(8-22-12-17-11-19-22)7-21-5-4-18-16(21)10-20/h2-5,11-12,14H,6-10H2,1H3/t14-/m0/s1. The maximum Gasteiger partial charge on any atom is 0.137 e. The third-order valence-electron chi connectivity index (χ3n) is 4.23. The highest BCUT2D eigenvalue weighted by Gasteiger charge is 2.23. The van der Waals surface area contributed by atoms with Crippen molar-refractivity contribution in [3.8, 4) is 0 Å². The van der Waals surface area contributed by atoms with Crippen molar-refractivity contribution in [2.45, 2.75) is 33.1 Å². The Labute approximate surface area is 139 Å². The van der Waals surface area contributed by atoms with E-state index < -0.39 is 0 Å². The molecule has 0 N–H and O–H groups in total. The summed E-state index contributed by atoms with van der Waals surface area (Å²) in [5.74, 6) is 1.65. The lowest BCUT2D eigenvalue weighted by atomic mass is 10.1. The van der Waals surface area contributed by atoms with Gasteiger partial charge in [0.15, 0.2) is 0 Å². The number of imidazole rings is 1. The molecule has 0 fully saturated rings. The fourth-order valence-electron chi connectivity index (χ4n) is 3.24. The van der Waals surface area contributed by atoms with E-state index in [2.05, 4.69) is 49.8 Å². The van der Waals surface area contributed by atoms with Crippen LogP contribution in [0.5, 0.6) is 0 Å². The number of hydrogen-bond donors (Lipinski definition) is 0. The topological polar surface area (TPSA) is 51.8 Å². The molecule has 0 unspecified atom stereocenters. The molecular weight excluding hydrogens is 308 g/mol. The van der Waals surface area contributed by atoms with Gasteiger partial charge in [0.05, 0.1) is 6.54 Å². The van der Waals surface area contributed by atoms with Crippen LogP contribution in [0.15, 0.2) is 37.2 Å². The summed E-state index contributed by atoms with van der Waals surface area (Å²) < 4.78 is 4.21. The van der Waals surface area contributed by atoms with Crippen LogP contribution >= 0.6 is 11.3 Å². The zero-order valence-corrected chi connectivity index (χ0v) is 14.0. The van der Waals surface area contributed by atoms with Crippen LogP contribution in [0.1, 0.15) is 15.6 Å². The van der Waals surface area contributed by atoms with E-state index in [1.165, 1.54) is 9.75 Å². The molecule has 120 valence electrons. The molecule has 3 aromatic heterocycles. The second-order valence-electron chi connectivity index (χ2n) is 6.16. The Morgan fingerprint density at radius 2 is 2.26 bits per heavy atom. The van der Waals surface area contributed by atoms with Crippen LogP contribution in [-0.4, -0.2) is 35.8 Å². The molecule has 4 heterocycles. The second kappa shape index (κ2) is 6.25. The first kappa shape index (κ1) is 14.6. The van der Waals surface area contributed by atoms with Gasteiger partial charge in [-0.2, -0.15) is 5.10 Å². The van der Waals surface area contributed by atoms with Gasteiger partial charge < -0.3 is 4.57 Å². The lowest BCUT2D eigenvalue weighted by Crippen LogP contribution is -2.29. The molecule has 7 heteroatoms. The number of aryl methyl sites for hydroxylation is 1. The number of rotatable bonds is 4. The molecule has 3 aromatic rings. The Morgan fingerprint density at radius 3 is 3.04 bits per heavy atom. The fraction of sp³-hybridized carbons (Fsp3) is 0.438. The van der Waals surface area contributed by atoms with Crippen LogP contribution in [0.2, 0.25) is 0 Å². The summed E-state index contributed by atoms with van der Waals surface area (Å²) in [6.45, 7) is 6.96. The molecule has 1 aliphatic heterocycles. The largest absolute Gasteiger partial charge is 0.333 e. The summed E-state index contributed by atoms with van der Waals surface area (Å²) in [6.07, 6.45) is 7.39. The quantitative estimate of drug-likeness (QED) is 0.736. The summed E-state index contributed by atoms with van der Waals surface area (Å²) in [5, 5.41) is 4.26. The average Bonchev–Trinajstić information content (AvgIpc) is 3.23. The molecule has 0 radical (unpaired) electrons. The summed E-state index contributed by atoms with van der Waals surface area (Å²) in [6, 6.07) is 4.44. The first-order valence-electron chi connectivity index (χ1n) is 7.86. The van der Waals surface area contributed by atoms with Crippen molar-refractivity contribution < 1.29 is 0 Å². The van der Waals surface area contributed by atoms with Crippen LogP contribution < -0.4 is 0 Å². The van der Waals surface area contributed by atoms with E-state index in [0.717, 1.165) is 38.5 Å². The minimum atomic E-state index is 0.494. The molecule has 0 saturated heterocycles. The van der Waals surface area contributed by atoms with Gasteiger partial charge in [-0.25, -0.2) is 9.97 Å². The first-order chi connectivity index (χ1) is 11.3.